The van der Waals surface area contributed by atoms with Crippen molar-refractivity contribution in [3.63, 3.8) is 0 Å². The summed E-state index contributed by atoms with van der Waals surface area (Å²) < 4.78 is 34.2. The fourth-order valence-corrected chi connectivity index (χ4v) is 5.15. The van der Waals surface area contributed by atoms with Crippen LogP contribution in [0.15, 0.2) is 59.5 Å². The molecule has 2 fully saturated rings. The van der Waals surface area contributed by atoms with Crippen LogP contribution in [0.2, 0.25) is 0 Å². The van der Waals surface area contributed by atoms with Gasteiger partial charge in [-0.3, -0.25) is 9.69 Å². The number of carbonyl (C=O) groups is 1. The van der Waals surface area contributed by atoms with E-state index in [1.165, 1.54) is 24.3 Å². The lowest BCUT2D eigenvalue weighted by atomic mass is 10.1. The van der Waals surface area contributed by atoms with Crippen LogP contribution in [0.25, 0.3) is 0 Å². The number of nitrogens with two attached hydrogens (primary N) is 1. The molecule has 0 unspecified atom stereocenters. The largest absolute Gasteiger partial charge is 0.371 e. The highest BCUT2D eigenvalue weighted by molar-refractivity contribution is 7.89. The van der Waals surface area contributed by atoms with Gasteiger partial charge in [0.2, 0.25) is 15.9 Å². The Labute approximate surface area is 164 Å². The molecule has 2 aromatic rings. The van der Waals surface area contributed by atoms with Gasteiger partial charge in [0.25, 0.3) is 0 Å². The lowest BCUT2D eigenvalue weighted by Crippen LogP contribution is -2.43. The van der Waals surface area contributed by atoms with Crippen molar-refractivity contribution in [1.82, 2.24) is 9.62 Å². The molecule has 0 spiro atoms. The van der Waals surface area contributed by atoms with Gasteiger partial charge in [-0.05, 0) is 36.2 Å². The van der Waals surface area contributed by atoms with Crippen LogP contribution in [0.1, 0.15) is 28.4 Å². The lowest BCUT2D eigenvalue weighted by molar-refractivity contribution is -0.0502. The standard InChI is InChI=1S/C20H23N3O4S/c21-20(24)15-6-8-18(9-7-15)28(25,26)22-16-10-17-13-27-19(12-23(17)11-16)14-4-2-1-3-5-14/h1-9,16-17,19,22H,10-13H2,(H2,21,24)/t16-,17-,19+/m0/s1. The van der Waals surface area contributed by atoms with Crippen molar-refractivity contribution in [2.75, 3.05) is 19.7 Å². The molecule has 148 valence electrons. The minimum atomic E-state index is -3.66. The molecule has 1 amide bonds. The van der Waals surface area contributed by atoms with Crippen LogP contribution >= 0.6 is 0 Å². The Balaban J connectivity index is 1.41. The highest BCUT2D eigenvalue weighted by atomic mass is 32.2. The molecule has 2 aliphatic rings. The zero-order valence-corrected chi connectivity index (χ0v) is 16.1. The van der Waals surface area contributed by atoms with Gasteiger partial charge in [0, 0.05) is 30.7 Å². The maximum Gasteiger partial charge on any atom is 0.248 e. The second-order valence-electron chi connectivity index (χ2n) is 7.28. The van der Waals surface area contributed by atoms with Gasteiger partial charge >= 0.3 is 0 Å². The lowest BCUT2D eigenvalue weighted by Gasteiger charge is -2.35. The van der Waals surface area contributed by atoms with E-state index in [0.29, 0.717) is 19.6 Å². The van der Waals surface area contributed by atoms with Crippen molar-refractivity contribution >= 4 is 15.9 Å². The predicted octanol–water partition coefficient (Wildman–Crippen LogP) is 1.28. The third-order valence-electron chi connectivity index (χ3n) is 5.36. The van der Waals surface area contributed by atoms with E-state index in [0.717, 1.165) is 12.1 Å². The first-order chi connectivity index (χ1) is 13.4. The Kier molecular flexibility index (Phi) is 5.20. The van der Waals surface area contributed by atoms with Gasteiger partial charge in [-0.1, -0.05) is 30.3 Å². The maximum atomic E-state index is 12.7. The van der Waals surface area contributed by atoms with Crippen molar-refractivity contribution < 1.29 is 17.9 Å². The van der Waals surface area contributed by atoms with Crippen LogP contribution in [0.3, 0.4) is 0 Å². The molecule has 3 N–H and O–H groups in total. The molecule has 0 aliphatic carbocycles. The highest BCUT2D eigenvalue weighted by Crippen LogP contribution is 2.30. The molecular formula is C20H23N3O4S. The molecule has 28 heavy (non-hydrogen) atoms. The van der Waals surface area contributed by atoms with Crippen molar-refractivity contribution in [2.24, 2.45) is 5.73 Å². The van der Waals surface area contributed by atoms with E-state index in [9.17, 15) is 13.2 Å². The Morgan fingerprint density at radius 2 is 1.79 bits per heavy atom. The van der Waals surface area contributed by atoms with E-state index in [1.807, 2.05) is 18.2 Å². The summed E-state index contributed by atoms with van der Waals surface area (Å²) in [5, 5.41) is 0. The number of carbonyl (C=O) groups excluding carboxylic acids is 1. The van der Waals surface area contributed by atoms with E-state index >= 15 is 0 Å². The first kappa shape index (κ1) is 19.1. The second kappa shape index (κ2) is 7.63. The van der Waals surface area contributed by atoms with Gasteiger partial charge in [0.15, 0.2) is 0 Å². The number of morpholine rings is 1. The summed E-state index contributed by atoms with van der Waals surface area (Å²) in [7, 11) is -3.66. The number of fused-ring (bicyclic) bond motifs is 1. The summed E-state index contributed by atoms with van der Waals surface area (Å²) in [6.07, 6.45) is 0.717. The minimum Gasteiger partial charge on any atom is -0.371 e. The quantitative estimate of drug-likeness (QED) is 0.786. The van der Waals surface area contributed by atoms with Crippen LogP contribution in [-0.4, -0.2) is 51.0 Å². The highest BCUT2D eigenvalue weighted by Gasteiger charge is 2.39. The average molecular weight is 401 g/mol. The van der Waals surface area contributed by atoms with Crippen LogP contribution in [0.4, 0.5) is 0 Å². The van der Waals surface area contributed by atoms with Crippen LogP contribution in [0.5, 0.6) is 0 Å². The number of rotatable bonds is 5. The maximum absolute atomic E-state index is 12.7. The number of hydrogen-bond acceptors (Lipinski definition) is 5. The van der Waals surface area contributed by atoms with Crippen LogP contribution in [0, 0.1) is 0 Å². The Morgan fingerprint density at radius 1 is 1.07 bits per heavy atom. The van der Waals surface area contributed by atoms with E-state index < -0.39 is 15.9 Å². The normalized spacial score (nSPS) is 25.4. The van der Waals surface area contributed by atoms with Gasteiger partial charge in [-0.2, -0.15) is 0 Å². The molecule has 0 bridgehead atoms. The predicted molar refractivity (Wildman–Crippen MR) is 104 cm³/mol. The first-order valence-corrected chi connectivity index (χ1v) is 10.7. The Morgan fingerprint density at radius 3 is 2.46 bits per heavy atom. The summed E-state index contributed by atoms with van der Waals surface area (Å²) >= 11 is 0. The number of sulfonamides is 1. The monoisotopic (exact) mass is 401 g/mol. The molecule has 7 nitrogen and oxygen atoms in total. The number of benzene rings is 2. The van der Waals surface area contributed by atoms with Crippen LogP contribution < -0.4 is 10.5 Å². The molecule has 0 radical (unpaired) electrons. The third kappa shape index (κ3) is 3.95. The number of primary amides is 1. The number of ether oxygens (including phenoxy) is 1. The minimum absolute atomic E-state index is 0.00847. The molecule has 2 aliphatic heterocycles. The van der Waals surface area contributed by atoms with E-state index in [-0.39, 0.29) is 28.6 Å². The Bertz CT molecular complexity index is 947. The molecule has 2 saturated heterocycles. The van der Waals surface area contributed by atoms with Crippen molar-refractivity contribution in [1.29, 1.82) is 0 Å². The fraction of sp³-hybridized carbons (Fsp3) is 0.350. The zero-order valence-electron chi connectivity index (χ0n) is 15.3. The summed E-state index contributed by atoms with van der Waals surface area (Å²) in [4.78, 5) is 13.6. The van der Waals surface area contributed by atoms with Gasteiger partial charge in [0.05, 0.1) is 17.6 Å². The fourth-order valence-electron chi connectivity index (χ4n) is 3.91. The summed E-state index contributed by atoms with van der Waals surface area (Å²) in [5.74, 6) is -0.586. The SMILES string of the molecule is NC(=O)c1ccc(S(=O)(=O)N[C@H]2C[C@H]3CO[C@@H](c4ccccc4)CN3C2)cc1. The number of amides is 1. The molecule has 4 rings (SSSR count). The number of nitrogens with zero attached hydrogens (tertiary/aromatic N) is 1. The smallest absolute Gasteiger partial charge is 0.248 e. The molecule has 3 atom stereocenters. The summed E-state index contributed by atoms with van der Waals surface area (Å²) in [6, 6.07) is 15.8. The molecule has 2 aromatic carbocycles. The van der Waals surface area contributed by atoms with Gasteiger partial charge < -0.3 is 10.5 Å². The van der Waals surface area contributed by atoms with Gasteiger partial charge in [-0.15, -0.1) is 0 Å². The van der Waals surface area contributed by atoms with Gasteiger partial charge in [0.1, 0.15) is 0 Å². The average Bonchev–Trinajstić information content (AvgIpc) is 3.09. The Hall–Kier alpha value is -2.26. The molecular weight excluding hydrogens is 378 g/mol. The van der Waals surface area contributed by atoms with Crippen molar-refractivity contribution in [3.8, 4) is 0 Å². The first-order valence-electron chi connectivity index (χ1n) is 9.25. The second-order valence-corrected chi connectivity index (χ2v) is 9.00. The topological polar surface area (TPSA) is 102 Å². The van der Waals surface area contributed by atoms with Crippen molar-refractivity contribution in [2.45, 2.75) is 29.5 Å². The number of nitrogens with one attached hydrogen (secondary N) is 1. The van der Waals surface area contributed by atoms with Gasteiger partial charge in [-0.25, -0.2) is 13.1 Å². The molecule has 0 aromatic heterocycles. The molecule has 8 heteroatoms. The third-order valence-corrected chi connectivity index (χ3v) is 6.90. The van der Waals surface area contributed by atoms with Crippen molar-refractivity contribution in [3.05, 3.63) is 65.7 Å². The summed E-state index contributed by atoms with van der Waals surface area (Å²) in [5.41, 5.74) is 6.62. The van der Waals surface area contributed by atoms with E-state index in [4.69, 9.17) is 10.5 Å². The molecule has 2 heterocycles. The van der Waals surface area contributed by atoms with E-state index in [2.05, 4.69) is 21.8 Å². The molecule has 0 saturated carbocycles. The van der Waals surface area contributed by atoms with E-state index in [1.54, 1.807) is 0 Å². The summed E-state index contributed by atoms with van der Waals surface area (Å²) in [6.45, 7) is 1.99. The zero-order chi connectivity index (χ0) is 19.7. The number of hydrogen-bond donors (Lipinski definition) is 2. The van der Waals surface area contributed by atoms with Crippen LogP contribution in [-0.2, 0) is 14.8 Å².